The van der Waals surface area contributed by atoms with E-state index in [4.69, 9.17) is 5.73 Å². The highest BCUT2D eigenvalue weighted by atomic mass is 16.2. The van der Waals surface area contributed by atoms with Gasteiger partial charge in [0.05, 0.1) is 23.0 Å². The summed E-state index contributed by atoms with van der Waals surface area (Å²) in [4.78, 5) is 19.5. The average molecular weight is 309 g/mol. The van der Waals surface area contributed by atoms with Crippen molar-refractivity contribution in [2.24, 2.45) is 5.73 Å². The van der Waals surface area contributed by atoms with Gasteiger partial charge in [0.25, 0.3) is 5.91 Å². The second-order valence-corrected chi connectivity index (χ2v) is 6.01. The molecule has 2 heterocycles. The van der Waals surface area contributed by atoms with Gasteiger partial charge in [0.1, 0.15) is 0 Å². The molecule has 23 heavy (non-hydrogen) atoms. The summed E-state index contributed by atoms with van der Waals surface area (Å²) in [7, 11) is 0. The van der Waals surface area contributed by atoms with Crippen molar-refractivity contribution in [3.63, 3.8) is 0 Å². The Bertz CT molecular complexity index is 726. The van der Waals surface area contributed by atoms with Crippen molar-refractivity contribution in [1.29, 1.82) is 0 Å². The number of benzene rings is 1. The molecule has 120 valence electrons. The second-order valence-electron chi connectivity index (χ2n) is 6.01. The van der Waals surface area contributed by atoms with E-state index >= 15 is 0 Å². The Morgan fingerprint density at radius 2 is 2.09 bits per heavy atom. The van der Waals surface area contributed by atoms with Crippen LogP contribution >= 0.6 is 0 Å². The van der Waals surface area contributed by atoms with Crippen LogP contribution in [0.15, 0.2) is 36.4 Å². The fourth-order valence-electron chi connectivity index (χ4n) is 3.44. The van der Waals surface area contributed by atoms with E-state index in [0.717, 1.165) is 30.8 Å². The molecule has 0 saturated carbocycles. The van der Waals surface area contributed by atoms with E-state index < -0.39 is 0 Å². The van der Waals surface area contributed by atoms with Gasteiger partial charge in [-0.15, -0.1) is 0 Å². The third kappa shape index (κ3) is 2.86. The van der Waals surface area contributed by atoms with E-state index in [1.807, 2.05) is 24.0 Å². The Labute approximate surface area is 137 Å². The summed E-state index contributed by atoms with van der Waals surface area (Å²) >= 11 is 0. The third-order valence-electron chi connectivity index (χ3n) is 4.64. The van der Waals surface area contributed by atoms with E-state index in [1.54, 1.807) is 0 Å². The molecule has 0 radical (unpaired) electrons. The number of carbonyl (C=O) groups is 1. The number of pyridine rings is 1. The lowest BCUT2D eigenvalue weighted by atomic mass is 9.90. The zero-order valence-corrected chi connectivity index (χ0v) is 13.7. The maximum atomic E-state index is 13.1. The molecule has 2 N–H and O–H groups in total. The first-order valence-corrected chi connectivity index (χ1v) is 8.21. The van der Waals surface area contributed by atoms with Crippen molar-refractivity contribution in [1.82, 2.24) is 9.88 Å². The molecule has 1 aliphatic heterocycles. The summed E-state index contributed by atoms with van der Waals surface area (Å²) in [5.41, 5.74) is 10.5. The fourth-order valence-corrected chi connectivity index (χ4v) is 3.44. The number of carbonyl (C=O) groups excluding carboxylic acids is 1. The standard InChI is InChI=1S/C19H23N3O/c1-3-18-17-7-5-4-6-14(17)10-11-22(18)19(23)16-9-8-15(12-20)21-13(16)2/h4-9,18H,3,10-12,20H2,1-2H3. The van der Waals surface area contributed by atoms with Gasteiger partial charge in [0.15, 0.2) is 0 Å². The summed E-state index contributed by atoms with van der Waals surface area (Å²) < 4.78 is 0. The van der Waals surface area contributed by atoms with Gasteiger partial charge in [0.2, 0.25) is 0 Å². The van der Waals surface area contributed by atoms with Crippen LogP contribution in [-0.2, 0) is 13.0 Å². The maximum absolute atomic E-state index is 13.1. The highest BCUT2D eigenvalue weighted by molar-refractivity contribution is 5.95. The van der Waals surface area contributed by atoms with Gasteiger partial charge >= 0.3 is 0 Å². The zero-order valence-electron chi connectivity index (χ0n) is 13.7. The van der Waals surface area contributed by atoms with Crippen molar-refractivity contribution in [3.8, 4) is 0 Å². The molecule has 4 heteroatoms. The quantitative estimate of drug-likeness (QED) is 0.948. The van der Waals surface area contributed by atoms with E-state index in [1.165, 1.54) is 11.1 Å². The number of hydrogen-bond acceptors (Lipinski definition) is 3. The van der Waals surface area contributed by atoms with Gasteiger partial charge < -0.3 is 10.6 Å². The van der Waals surface area contributed by atoms with Crippen LogP contribution in [0.5, 0.6) is 0 Å². The number of nitrogens with zero attached hydrogens (tertiary/aromatic N) is 2. The second kappa shape index (κ2) is 6.50. The smallest absolute Gasteiger partial charge is 0.256 e. The first kappa shape index (κ1) is 15.7. The maximum Gasteiger partial charge on any atom is 0.256 e. The topological polar surface area (TPSA) is 59.2 Å². The van der Waals surface area contributed by atoms with Crippen LogP contribution in [0, 0.1) is 6.92 Å². The molecule has 0 fully saturated rings. The molecule has 0 aliphatic carbocycles. The van der Waals surface area contributed by atoms with E-state index in [2.05, 4.69) is 36.2 Å². The van der Waals surface area contributed by atoms with Crippen molar-refractivity contribution < 1.29 is 4.79 Å². The van der Waals surface area contributed by atoms with Gasteiger partial charge in [-0.25, -0.2) is 0 Å². The molecule has 1 aliphatic rings. The number of nitrogens with two attached hydrogens (primary N) is 1. The molecule has 2 aromatic rings. The number of aromatic nitrogens is 1. The summed E-state index contributed by atoms with van der Waals surface area (Å²) in [6.07, 6.45) is 1.82. The Hall–Kier alpha value is -2.20. The molecule has 1 aromatic heterocycles. The lowest BCUT2D eigenvalue weighted by Crippen LogP contribution is -2.40. The number of fused-ring (bicyclic) bond motifs is 1. The van der Waals surface area contributed by atoms with E-state index in [-0.39, 0.29) is 11.9 Å². The summed E-state index contributed by atoms with van der Waals surface area (Å²) in [5.74, 6) is 0.0694. The highest BCUT2D eigenvalue weighted by Gasteiger charge is 2.30. The van der Waals surface area contributed by atoms with Crippen LogP contribution in [0.2, 0.25) is 0 Å². The third-order valence-corrected chi connectivity index (χ3v) is 4.64. The number of aryl methyl sites for hydroxylation is 1. The predicted molar refractivity (Wildman–Crippen MR) is 91.1 cm³/mol. The predicted octanol–water partition coefficient (Wildman–Crippen LogP) is 3.00. The molecular weight excluding hydrogens is 286 g/mol. The average Bonchev–Trinajstić information content (AvgIpc) is 2.59. The van der Waals surface area contributed by atoms with Crippen LogP contribution in [-0.4, -0.2) is 22.3 Å². The lowest BCUT2D eigenvalue weighted by molar-refractivity contribution is 0.0654. The zero-order chi connectivity index (χ0) is 16.4. The monoisotopic (exact) mass is 309 g/mol. The molecule has 1 atom stereocenters. The van der Waals surface area contributed by atoms with Gasteiger partial charge in [-0.05, 0) is 43.0 Å². The lowest BCUT2D eigenvalue weighted by Gasteiger charge is -2.37. The SMILES string of the molecule is CCC1c2ccccc2CCN1C(=O)c1ccc(CN)nc1C. The van der Waals surface area contributed by atoms with Crippen LogP contribution in [0.4, 0.5) is 0 Å². The van der Waals surface area contributed by atoms with Crippen molar-refractivity contribution >= 4 is 5.91 Å². The van der Waals surface area contributed by atoms with Gasteiger partial charge in [-0.3, -0.25) is 9.78 Å². The van der Waals surface area contributed by atoms with Crippen LogP contribution in [0.3, 0.4) is 0 Å². The Morgan fingerprint density at radius 1 is 1.30 bits per heavy atom. The minimum Gasteiger partial charge on any atom is -0.331 e. The largest absolute Gasteiger partial charge is 0.331 e. The van der Waals surface area contributed by atoms with Crippen LogP contribution in [0.1, 0.15) is 52.3 Å². The summed E-state index contributed by atoms with van der Waals surface area (Å²) in [5, 5.41) is 0. The number of amides is 1. The molecular formula is C19H23N3O. The highest BCUT2D eigenvalue weighted by Crippen LogP contribution is 2.33. The van der Waals surface area contributed by atoms with Gasteiger partial charge in [0, 0.05) is 13.1 Å². The normalized spacial score (nSPS) is 17.0. The molecule has 0 spiro atoms. The molecule has 3 rings (SSSR count). The fraction of sp³-hybridized carbons (Fsp3) is 0.368. The Kier molecular flexibility index (Phi) is 4.44. The molecule has 1 aromatic carbocycles. The van der Waals surface area contributed by atoms with Gasteiger partial charge in [-0.1, -0.05) is 31.2 Å². The Balaban J connectivity index is 1.94. The van der Waals surface area contributed by atoms with Crippen molar-refractivity contribution in [3.05, 3.63) is 64.5 Å². The molecule has 0 bridgehead atoms. The van der Waals surface area contributed by atoms with E-state index in [0.29, 0.717) is 12.1 Å². The molecule has 0 saturated heterocycles. The van der Waals surface area contributed by atoms with E-state index in [9.17, 15) is 4.79 Å². The van der Waals surface area contributed by atoms with Gasteiger partial charge in [-0.2, -0.15) is 0 Å². The number of hydrogen-bond donors (Lipinski definition) is 1. The first-order valence-electron chi connectivity index (χ1n) is 8.21. The molecule has 1 amide bonds. The summed E-state index contributed by atoms with van der Waals surface area (Å²) in [6, 6.07) is 12.3. The van der Waals surface area contributed by atoms with Crippen molar-refractivity contribution in [2.75, 3.05) is 6.54 Å². The molecule has 4 nitrogen and oxygen atoms in total. The Morgan fingerprint density at radius 3 is 2.78 bits per heavy atom. The first-order chi connectivity index (χ1) is 11.2. The van der Waals surface area contributed by atoms with Crippen LogP contribution < -0.4 is 5.73 Å². The van der Waals surface area contributed by atoms with Crippen LogP contribution in [0.25, 0.3) is 0 Å². The molecule has 1 unspecified atom stereocenters. The number of rotatable bonds is 3. The van der Waals surface area contributed by atoms with Crippen molar-refractivity contribution in [2.45, 2.75) is 39.3 Å². The minimum atomic E-state index is 0.0694. The minimum absolute atomic E-state index is 0.0694. The summed E-state index contributed by atoms with van der Waals surface area (Å²) in [6.45, 7) is 5.16.